The van der Waals surface area contributed by atoms with Crippen LogP contribution < -0.4 is 5.73 Å². The number of nitrogens with two attached hydrogens (primary N) is 1. The minimum absolute atomic E-state index is 0.0925. The Hall–Kier alpha value is -1.10. The van der Waals surface area contributed by atoms with E-state index >= 15 is 0 Å². The highest BCUT2D eigenvalue weighted by molar-refractivity contribution is 5.73. The van der Waals surface area contributed by atoms with Crippen LogP contribution in [0.2, 0.25) is 0 Å². The van der Waals surface area contributed by atoms with Crippen LogP contribution in [0.1, 0.15) is 12.8 Å². The number of hydrogen-bond donors (Lipinski definition) is 2. The number of primary amides is 1. The molecule has 0 rings (SSSR count). The molecule has 5 nitrogen and oxygen atoms in total. The van der Waals surface area contributed by atoms with E-state index < -0.39 is 5.97 Å². The van der Waals surface area contributed by atoms with E-state index in [-0.39, 0.29) is 18.7 Å². The van der Waals surface area contributed by atoms with Crippen molar-refractivity contribution < 1.29 is 14.7 Å². The van der Waals surface area contributed by atoms with Crippen LogP contribution in [-0.2, 0) is 9.59 Å². The summed E-state index contributed by atoms with van der Waals surface area (Å²) in [6, 6.07) is 0. The third-order valence-electron chi connectivity index (χ3n) is 1.45. The molecule has 0 saturated heterocycles. The summed E-state index contributed by atoms with van der Waals surface area (Å²) >= 11 is 0. The molecular formula is C7H14N2O3. The zero-order chi connectivity index (χ0) is 9.56. The van der Waals surface area contributed by atoms with Crippen molar-refractivity contribution in [1.82, 2.24) is 4.90 Å². The van der Waals surface area contributed by atoms with Crippen LogP contribution >= 0.6 is 0 Å². The lowest BCUT2D eigenvalue weighted by Gasteiger charge is -2.13. The summed E-state index contributed by atoms with van der Waals surface area (Å²) in [5, 5.41) is 8.32. The fraction of sp³-hybridized carbons (Fsp3) is 0.714. The normalized spacial score (nSPS) is 10.2. The van der Waals surface area contributed by atoms with Crippen molar-refractivity contribution in [2.45, 2.75) is 12.8 Å². The van der Waals surface area contributed by atoms with Gasteiger partial charge in [-0.1, -0.05) is 0 Å². The van der Waals surface area contributed by atoms with Crippen molar-refractivity contribution in [2.24, 2.45) is 5.73 Å². The van der Waals surface area contributed by atoms with Gasteiger partial charge in [0.25, 0.3) is 0 Å². The monoisotopic (exact) mass is 174 g/mol. The van der Waals surface area contributed by atoms with Gasteiger partial charge < -0.3 is 15.7 Å². The van der Waals surface area contributed by atoms with Crippen LogP contribution in [0.4, 0.5) is 0 Å². The Morgan fingerprint density at radius 1 is 1.33 bits per heavy atom. The summed E-state index contributed by atoms with van der Waals surface area (Å²) in [5.41, 5.74) is 4.91. The van der Waals surface area contributed by atoms with Crippen LogP contribution in [0.5, 0.6) is 0 Å². The number of nitrogens with zero attached hydrogens (tertiary/aromatic N) is 1. The Balaban J connectivity index is 3.39. The molecule has 0 unspecified atom stereocenters. The molecule has 0 aliphatic rings. The van der Waals surface area contributed by atoms with Gasteiger partial charge in [-0.3, -0.25) is 9.59 Å². The van der Waals surface area contributed by atoms with Crippen LogP contribution in [0, 0.1) is 0 Å². The van der Waals surface area contributed by atoms with Crippen molar-refractivity contribution in [1.29, 1.82) is 0 Å². The number of aliphatic carboxylic acids is 1. The minimum atomic E-state index is -0.832. The highest BCUT2D eigenvalue weighted by atomic mass is 16.4. The Labute approximate surface area is 71.1 Å². The average molecular weight is 174 g/mol. The molecule has 0 aromatic carbocycles. The smallest absolute Gasteiger partial charge is 0.304 e. The molecule has 0 saturated carbocycles. The second-order valence-corrected chi connectivity index (χ2v) is 2.66. The molecule has 0 aromatic rings. The number of amides is 1. The largest absolute Gasteiger partial charge is 0.481 e. The van der Waals surface area contributed by atoms with Gasteiger partial charge in [0.2, 0.25) is 5.91 Å². The Morgan fingerprint density at radius 2 is 1.83 bits per heavy atom. The Morgan fingerprint density at radius 3 is 2.25 bits per heavy atom. The van der Waals surface area contributed by atoms with Gasteiger partial charge in [0.05, 0.1) is 6.42 Å². The molecule has 0 aliphatic carbocycles. The van der Waals surface area contributed by atoms with Crippen molar-refractivity contribution in [2.75, 3.05) is 20.1 Å². The third kappa shape index (κ3) is 7.01. The van der Waals surface area contributed by atoms with E-state index in [2.05, 4.69) is 0 Å². The predicted molar refractivity (Wildman–Crippen MR) is 43.6 cm³/mol. The quantitative estimate of drug-likeness (QED) is 0.556. The summed E-state index contributed by atoms with van der Waals surface area (Å²) in [5.74, 6) is -1.20. The number of carboxylic acid groups (broad SMARTS) is 1. The summed E-state index contributed by atoms with van der Waals surface area (Å²) in [7, 11) is 1.76. The van der Waals surface area contributed by atoms with Crippen molar-refractivity contribution >= 4 is 11.9 Å². The molecule has 5 heteroatoms. The highest BCUT2D eigenvalue weighted by Crippen LogP contribution is 1.89. The maximum absolute atomic E-state index is 10.3. The Bertz CT molecular complexity index is 152. The van der Waals surface area contributed by atoms with Gasteiger partial charge in [0, 0.05) is 19.5 Å². The first-order chi connectivity index (χ1) is 5.52. The SMILES string of the molecule is CN(CCC(N)=O)CCC(=O)O. The van der Waals surface area contributed by atoms with Crippen molar-refractivity contribution in [3.05, 3.63) is 0 Å². The molecule has 12 heavy (non-hydrogen) atoms. The molecule has 70 valence electrons. The summed E-state index contributed by atoms with van der Waals surface area (Å²) in [6.45, 7) is 0.964. The average Bonchev–Trinajstić information content (AvgIpc) is 1.96. The number of carbonyl (C=O) groups is 2. The van der Waals surface area contributed by atoms with E-state index in [0.717, 1.165) is 0 Å². The second-order valence-electron chi connectivity index (χ2n) is 2.66. The Kier molecular flexibility index (Phi) is 5.03. The van der Waals surface area contributed by atoms with Gasteiger partial charge >= 0.3 is 5.97 Å². The lowest BCUT2D eigenvalue weighted by atomic mass is 10.3. The van der Waals surface area contributed by atoms with E-state index in [4.69, 9.17) is 10.8 Å². The molecule has 0 bridgehead atoms. The van der Waals surface area contributed by atoms with E-state index in [1.54, 1.807) is 11.9 Å². The van der Waals surface area contributed by atoms with Gasteiger partial charge in [-0.15, -0.1) is 0 Å². The first kappa shape index (κ1) is 10.9. The minimum Gasteiger partial charge on any atom is -0.481 e. The summed E-state index contributed by atoms with van der Waals surface area (Å²) in [6.07, 6.45) is 0.366. The maximum Gasteiger partial charge on any atom is 0.304 e. The van der Waals surface area contributed by atoms with Crippen molar-refractivity contribution in [3.8, 4) is 0 Å². The number of hydrogen-bond acceptors (Lipinski definition) is 3. The van der Waals surface area contributed by atoms with Gasteiger partial charge in [-0.25, -0.2) is 0 Å². The molecule has 3 N–H and O–H groups in total. The molecule has 0 heterocycles. The lowest BCUT2D eigenvalue weighted by molar-refractivity contribution is -0.137. The van der Waals surface area contributed by atoms with E-state index in [0.29, 0.717) is 13.1 Å². The standard InChI is InChI=1S/C7H14N2O3/c1-9(4-2-6(8)10)5-3-7(11)12/h2-5H2,1H3,(H2,8,10)(H,11,12). The summed E-state index contributed by atoms with van der Waals surface area (Å²) in [4.78, 5) is 22.2. The number of carbonyl (C=O) groups excluding carboxylic acids is 1. The van der Waals surface area contributed by atoms with Crippen LogP contribution in [-0.4, -0.2) is 42.0 Å². The van der Waals surface area contributed by atoms with E-state index in [9.17, 15) is 9.59 Å². The van der Waals surface area contributed by atoms with Gasteiger partial charge in [-0.2, -0.15) is 0 Å². The molecule has 0 aromatic heterocycles. The maximum atomic E-state index is 10.3. The zero-order valence-corrected chi connectivity index (χ0v) is 7.12. The predicted octanol–water partition coefficient (Wildman–Crippen LogP) is -0.732. The topological polar surface area (TPSA) is 83.6 Å². The molecule has 0 fully saturated rings. The number of rotatable bonds is 6. The zero-order valence-electron chi connectivity index (χ0n) is 7.12. The summed E-state index contributed by atoms with van der Waals surface area (Å²) < 4.78 is 0. The molecule has 0 atom stereocenters. The molecule has 0 radical (unpaired) electrons. The van der Waals surface area contributed by atoms with Crippen LogP contribution in [0.25, 0.3) is 0 Å². The van der Waals surface area contributed by atoms with Crippen LogP contribution in [0.15, 0.2) is 0 Å². The molecular weight excluding hydrogens is 160 g/mol. The molecule has 0 spiro atoms. The third-order valence-corrected chi connectivity index (χ3v) is 1.45. The lowest BCUT2D eigenvalue weighted by Crippen LogP contribution is -2.26. The molecule has 0 aliphatic heterocycles. The van der Waals surface area contributed by atoms with Crippen molar-refractivity contribution in [3.63, 3.8) is 0 Å². The fourth-order valence-corrected chi connectivity index (χ4v) is 0.699. The fourth-order valence-electron chi connectivity index (χ4n) is 0.699. The second kappa shape index (κ2) is 5.54. The van der Waals surface area contributed by atoms with E-state index in [1.807, 2.05) is 0 Å². The van der Waals surface area contributed by atoms with Gasteiger partial charge in [0.15, 0.2) is 0 Å². The first-order valence-corrected chi connectivity index (χ1v) is 3.71. The van der Waals surface area contributed by atoms with E-state index in [1.165, 1.54) is 0 Å². The van der Waals surface area contributed by atoms with Crippen LogP contribution in [0.3, 0.4) is 0 Å². The highest BCUT2D eigenvalue weighted by Gasteiger charge is 2.03. The van der Waals surface area contributed by atoms with Gasteiger partial charge in [0.1, 0.15) is 0 Å². The molecule has 1 amide bonds. The first-order valence-electron chi connectivity index (χ1n) is 3.71. The number of carboxylic acids is 1. The van der Waals surface area contributed by atoms with Gasteiger partial charge in [-0.05, 0) is 7.05 Å².